The van der Waals surface area contributed by atoms with E-state index in [1.54, 1.807) is 7.11 Å². The zero-order chi connectivity index (χ0) is 25.3. The van der Waals surface area contributed by atoms with Gasteiger partial charge in [-0.05, 0) is 46.1 Å². The first-order valence-electron chi connectivity index (χ1n) is 12.2. The van der Waals surface area contributed by atoms with Gasteiger partial charge in [0.2, 0.25) is 0 Å². The molecule has 7 atom stereocenters. The Kier molecular flexibility index (Phi) is 4.49. The number of hydrogen-bond donors (Lipinski definition) is 2. The molecule has 1 aromatic rings. The maximum atomic E-state index is 12.6. The van der Waals surface area contributed by atoms with E-state index in [-0.39, 0.29) is 18.9 Å². The zero-order valence-electron chi connectivity index (χ0n) is 21.3. The monoisotopic (exact) mass is 490 g/mol. The Morgan fingerprint density at radius 3 is 2.37 bits per heavy atom. The summed E-state index contributed by atoms with van der Waals surface area (Å²) >= 11 is 0. The van der Waals surface area contributed by atoms with E-state index in [0.717, 1.165) is 16.7 Å². The molecule has 192 valence electrons. The van der Waals surface area contributed by atoms with Gasteiger partial charge in [0.05, 0.1) is 13.2 Å². The lowest BCUT2D eigenvalue weighted by atomic mass is 9.45. The second kappa shape index (κ2) is 6.69. The summed E-state index contributed by atoms with van der Waals surface area (Å²) in [5.74, 6) is -1.11. The van der Waals surface area contributed by atoms with E-state index in [4.69, 9.17) is 28.4 Å². The van der Waals surface area contributed by atoms with E-state index in [1.807, 2.05) is 34.6 Å². The second-order valence-electron chi connectivity index (χ2n) is 11.7. The average molecular weight is 491 g/mol. The van der Waals surface area contributed by atoms with Crippen molar-refractivity contribution in [2.24, 2.45) is 11.3 Å². The van der Waals surface area contributed by atoms with Gasteiger partial charge in [-0.3, -0.25) is 0 Å². The molecule has 4 aliphatic heterocycles. The van der Waals surface area contributed by atoms with Crippen LogP contribution in [0.2, 0.25) is 0 Å². The lowest BCUT2D eigenvalue weighted by molar-refractivity contribution is -0.423. The van der Waals surface area contributed by atoms with E-state index < -0.39 is 46.4 Å². The van der Waals surface area contributed by atoms with Gasteiger partial charge in [0.1, 0.15) is 46.6 Å². The number of rotatable bonds is 2. The number of methoxy groups -OCH3 is 2. The molecule has 1 spiro atoms. The molecule has 1 saturated carbocycles. The van der Waals surface area contributed by atoms with Crippen molar-refractivity contribution in [3.63, 3.8) is 0 Å². The van der Waals surface area contributed by atoms with E-state index in [9.17, 15) is 15.0 Å². The number of benzene rings is 1. The van der Waals surface area contributed by atoms with Crippen LogP contribution in [0.3, 0.4) is 0 Å². The number of cyclic esters (lactones) is 1. The number of carbonyl (C=O) groups excluding carboxylic acids is 1. The normalized spacial score (nSPS) is 44.5. The number of hydrogen-bond acceptors (Lipinski definition) is 9. The fourth-order valence-electron chi connectivity index (χ4n) is 8.32. The van der Waals surface area contributed by atoms with E-state index >= 15 is 0 Å². The highest BCUT2D eigenvalue weighted by Crippen LogP contribution is 2.70. The van der Waals surface area contributed by atoms with Crippen LogP contribution in [0.1, 0.15) is 67.6 Å². The standard InChI is InChI=1S/C26H34O9/c1-12-14-11-32-21(29)18(14)20(30-6)13-8-15-23(4)9-17(28)26(31-7)34-22(2,3)25(23,35-26)16(27)10-24(15,5)33-19(12)13/h15-17,27-28H,8-11H2,1-7H3. The van der Waals surface area contributed by atoms with Crippen molar-refractivity contribution in [3.05, 3.63) is 22.3 Å². The number of ether oxygens (including phenoxy) is 6. The SMILES string of the molecule is COc1c2c(c(C)c3c1C(=O)OC3)OC1(C)CC(O)C34OC(OC)(OC3(C)C)C(O)CC4(C)C1C2. The first-order chi connectivity index (χ1) is 16.3. The Morgan fingerprint density at radius 1 is 1.00 bits per heavy atom. The maximum Gasteiger partial charge on any atom is 0.342 e. The van der Waals surface area contributed by atoms with Crippen molar-refractivity contribution >= 4 is 5.97 Å². The molecule has 9 nitrogen and oxygen atoms in total. The van der Waals surface area contributed by atoms with E-state index in [2.05, 4.69) is 0 Å². The van der Waals surface area contributed by atoms with Crippen molar-refractivity contribution in [2.75, 3.05) is 14.2 Å². The fourth-order valence-corrected chi connectivity index (χ4v) is 8.32. The first-order valence-corrected chi connectivity index (χ1v) is 12.2. The highest BCUT2D eigenvalue weighted by molar-refractivity contribution is 5.98. The molecule has 0 aromatic heterocycles. The van der Waals surface area contributed by atoms with Crippen molar-refractivity contribution < 1.29 is 43.4 Å². The van der Waals surface area contributed by atoms with Crippen LogP contribution >= 0.6 is 0 Å². The Morgan fingerprint density at radius 2 is 1.71 bits per heavy atom. The molecule has 4 heterocycles. The summed E-state index contributed by atoms with van der Waals surface area (Å²) in [6.07, 6.45) is -0.954. The highest BCUT2D eigenvalue weighted by atomic mass is 16.9. The molecule has 1 aromatic carbocycles. The summed E-state index contributed by atoms with van der Waals surface area (Å²) in [6, 6.07) is 0. The first kappa shape index (κ1) is 23.5. The molecule has 0 radical (unpaired) electrons. The van der Waals surface area contributed by atoms with Crippen molar-refractivity contribution in [1.82, 2.24) is 0 Å². The van der Waals surface area contributed by atoms with Crippen LogP contribution in [-0.2, 0) is 32.0 Å². The molecule has 3 fully saturated rings. The molecule has 7 unspecified atom stereocenters. The highest BCUT2D eigenvalue weighted by Gasteiger charge is 2.82. The van der Waals surface area contributed by atoms with Gasteiger partial charge in [0.25, 0.3) is 0 Å². The van der Waals surface area contributed by atoms with Crippen LogP contribution in [0.4, 0.5) is 0 Å². The van der Waals surface area contributed by atoms with Gasteiger partial charge in [0, 0.05) is 36.0 Å². The number of esters is 1. The van der Waals surface area contributed by atoms with Gasteiger partial charge in [-0.25, -0.2) is 4.79 Å². The minimum absolute atomic E-state index is 0.182. The summed E-state index contributed by atoms with van der Waals surface area (Å²) in [5.41, 5.74) is -0.813. The smallest absolute Gasteiger partial charge is 0.342 e. The van der Waals surface area contributed by atoms with Gasteiger partial charge < -0.3 is 38.6 Å². The summed E-state index contributed by atoms with van der Waals surface area (Å²) < 4.78 is 36.3. The van der Waals surface area contributed by atoms with Crippen LogP contribution in [0, 0.1) is 18.3 Å². The fraction of sp³-hybridized carbons (Fsp3) is 0.731. The molecule has 2 N–H and O–H groups in total. The predicted molar refractivity (Wildman–Crippen MR) is 121 cm³/mol. The van der Waals surface area contributed by atoms with Crippen molar-refractivity contribution in [1.29, 1.82) is 0 Å². The van der Waals surface area contributed by atoms with Crippen LogP contribution in [0.5, 0.6) is 11.5 Å². The van der Waals surface area contributed by atoms with Crippen LogP contribution in [0.15, 0.2) is 0 Å². The van der Waals surface area contributed by atoms with Gasteiger partial charge in [-0.2, -0.15) is 0 Å². The molecule has 2 saturated heterocycles. The zero-order valence-corrected chi connectivity index (χ0v) is 21.3. The van der Waals surface area contributed by atoms with Crippen LogP contribution in [0.25, 0.3) is 0 Å². The summed E-state index contributed by atoms with van der Waals surface area (Å²) in [5, 5.41) is 23.0. The van der Waals surface area contributed by atoms with Crippen molar-refractivity contribution in [3.8, 4) is 11.5 Å². The number of aliphatic hydroxyl groups excluding tert-OH is 2. The summed E-state index contributed by atoms with van der Waals surface area (Å²) in [4.78, 5) is 12.6. The predicted octanol–water partition coefficient (Wildman–Crippen LogP) is 2.38. The topological polar surface area (TPSA) is 113 Å². The van der Waals surface area contributed by atoms with Gasteiger partial charge in [-0.15, -0.1) is 0 Å². The minimum Gasteiger partial charge on any atom is -0.495 e. The third kappa shape index (κ3) is 2.44. The largest absolute Gasteiger partial charge is 0.495 e. The number of aliphatic hydroxyl groups is 2. The van der Waals surface area contributed by atoms with Gasteiger partial charge >= 0.3 is 11.9 Å². The lowest BCUT2D eigenvalue weighted by Crippen LogP contribution is -2.78. The summed E-state index contributed by atoms with van der Waals surface area (Å²) in [6.45, 7) is 9.91. The molecular formula is C26H34O9. The third-order valence-corrected chi connectivity index (χ3v) is 9.70. The molecule has 35 heavy (non-hydrogen) atoms. The molecule has 1 aliphatic carbocycles. The molecular weight excluding hydrogens is 456 g/mol. The van der Waals surface area contributed by atoms with Gasteiger partial charge in [0.15, 0.2) is 0 Å². The molecule has 0 amide bonds. The number of carbonyl (C=O) groups is 1. The Balaban J connectivity index is 1.57. The van der Waals surface area contributed by atoms with Crippen molar-refractivity contribution in [2.45, 2.75) is 95.5 Å². The molecule has 6 rings (SSSR count). The molecule has 2 bridgehead atoms. The van der Waals surface area contributed by atoms with Crippen LogP contribution < -0.4 is 9.47 Å². The second-order valence-corrected chi connectivity index (χ2v) is 11.7. The number of fused-ring (bicyclic) bond motifs is 5. The quantitative estimate of drug-likeness (QED) is 0.603. The summed E-state index contributed by atoms with van der Waals surface area (Å²) in [7, 11) is 2.99. The Hall–Kier alpha value is -1.91. The minimum atomic E-state index is -1.65. The third-order valence-electron chi connectivity index (χ3n) is 9.70. The van der Waals surface area contributed by atoms with E-state index in [1.165, 1.54) is 7.11 Å². The molecule has 5 aliphatic rings. The maximum absolute atomic E-state index is 12.6. The average Bonchev–Trinajstić information content (AvgIpc) is 3.27. The van der Waals surface area contributed by atoms with Gasteiger partial charge in [-0.1, -0.05) is 6.92 Å². The Labute approximate surface area is 204 Å². The lowest BCUT2D eigenvalue weighted by Gasteiger charge is -2.66. The van der Waals surface area contributed by atoms with Crippen LogP contribution in [-0.4, -0.2) is 65.4 Å². The van der Waals surface area contributed by atoms with E-state index in [0.29, 0.717) is 29.9 Å². The Bertz CT molecular complexity index is 1150. The molecule has 9 heteroatoms.